The van der Waals surface area contributed by atoms with Gasteiger partial charge in [-0.15, -0.1) is 0 Å². The van der Waals surface area contributed by atoms with E-state index < -0.39 is 6.10 Å². The number of esters is 2. The van der Waals surface area contributed by atoms with Crippen molar-refractivity contribution >= 4 is 28.9 Å². The highest BCUT2D eigenvalue weighted by Gasteiger charge is 2.18. The Balaban J connectivity index is 4.21. The Morgan fingerprint density at radius 3 is 1.42 bits per heavy atom. The van der Waals surface area contributed by atoms with E-state index in [9.17, 15) is 14.4 Å². The predicted octanol–water partition coefficient (Wildman–Crippen LogP) is 12.5. The van der Waals surface area contributed by atoms with Crippen LogP contribution in [0.2, 0.25) is 0 Å². The standard InChI is InChI=1S/C44H82N2O5S/c1-5-7-9-11-13-15-17-19-21-23-25-27-29-31-33-35-42(47)50-40-41(39-45-44(49)52-38-37-46(3)4)51-43(48)36-34-32-30-28-26-24-22-20-18-16-14-12-10-8-6-2/h19-22,41H,5-18,23-40H2,1-4H3,(H,45,49)/b21-19-,22-20-. The Labute approximate surface area is 325 Å². The first-order valence-corrected chi connectivity index (χ1v) is 22.6. The van der Waals surface area contributed by atoms with Gasteiger partial charge in [0.1, 0.15) is 6.61 Å². The van der Waals surface area contributed by atoms with Gasteiger partial charge in [-0.2, -0.15) is 0 Å². The lowest BCUT2D eigenvalue weighted by atomic mass is 10.1. The summed E-state index contributed by atoms with van der Waals surface area (Å²) in [6, 6.07) is 0. The molecule has 0 aliphatic heterocycles. The van der Waals surface area contributed by atoms with Gasteiger partial charge in [0.2, 0.25) is 0 Å². The van der Waals surface area contributed by atoms with Crippen LogP contribution in [0.5, 0.6) is 0 Å². The monoisotopic (exact) mass is 751 g/mol. The Morgan fingerprint density at radius 1 is 0.577 bits per heavy atom. The molecule has 0 rings (SSSR count). The first kappa shape index (κ1) is 50.2. The molecule has 52 heavy (non-hydrogen) atoms. The lowest BCUT2D eigenvalue weighted by molar-refractivity contribution is -0.158. The molecular weight excluding hydrogens is 669 g/mol. The van der Waals surface area contributed by atoms with E-state index in [-0.39, 0.29) is 30.3 Å². The third-order valence-electron chi connectivity index (χ3n) is 9.26. The molecule has 0 fully saturated rings. The number of amides is 1. The van der Waals surface area contributed by atoms with Crippen LogP contribution in [0.15, 0.2) is 24.3 Å². The molecule has 1 unspecified atom stereocenters. The second-order valence-electron chi connectivity index (χ2n) is 14.8. The van der Waals surface area contributed by atoms with Crippen LogP contribution >= 0.6 is 11.8 Å². The number of hydrogen-bond acceptors (Lipinski definition) is 7. The third-order valence-corrected chi connectivity index (χ3v) is 10.1. The molecule has 0 heterocycles. The van der Waals surface area contributed by atoms with Crippen LogP contribution in [0.3, 0.4) is 0 Å². The normalized spacial score (nSPS) is 12.2. The molecule has 0 saturated heterocycles. The number of carbonyl (C=O) groups excluding carboxylic acids is 3. The van der Waals surface area contributed by atoms with E-state index >= 15 is 0 Å². The van der Waals surface area contributed by atoms with Crippen molar-refractivity contribution in [2.45, 2.75) is 200 Å². The van der Waals surface area contributed by atoms with E-state index in [0.29, 0.717) is 18.6 Å². The molecule has 0 radical (unpaired) electrons. The molecule has 7 nitrogen and oxygen atoms in total. The minimum Gasteiger partial charge on any atom is -0.462 e. The van der Waals surface area contributed by atoms with E-state index in [1.54, 1.807) is 0 Å². The van der Waals surface area contributed by atoms with Crippen molar-refractivity contribution in [1.29, 1.82) is 0 Å². The molecule has 0 aromatic rings. The van der Waals surface area contributed by atoms with Crippen LogP contribution in [-0.2, 0) is 19.1 Å². The number of rotatable bonds is 38. The highest BCUT2D eigenvalue weighted by molar-refractivity contribution is 8.13. The number of nitrogens with zero attached hydrogens (tertiary/aromatic N) is 1. The molecular formula is C44H82N2O5S. The Bertz CT molecular complexity index is 879. The van der Waals surface area contributed by atoms with E-state index in [2.05, 4.69) is 43.5 Å². The zero-order valence-electron chi connectivity index (χ0n) is 34.4. The Morgan fingerprint density at radius 2 is 0.981 bits per heavy atom. The largest absolute Gasteiger partial charge is 0.462 e. The van der Waals surface area contributed by atoms with Gasteiger partial charge >= 0.3 is 11.9 Å². The van der Waals surface area contributed by atoms with Gasteiger partial charge in [0.05, 0.1) is 6.54 Å². The van der Waals surface area contributed by atoms with E-state index in [4.69, 9.17) is 9.47 Å². The molecule has 0 aliphatic carbocycles. The number of thioether (sulfide) groups is 1. The molecule has 1 atom stereocenters. The maximum Gasteiger partial charge on any atom is 0.306 e. The highest BCUT2D eigenvalue weighted by atomic mass is 32.2. The molecule has 0 bridgehead atoms. The van der Waals surface area contributed by atoms with Crippen LogP contribution in [0.4, 0.5) is 4.79 Å². The van der Waals surface area contributed by atoms with E-state index in [1.807, 2.05) is 19.0 Å². The molecule has 0 aromatic heterocycles. The van der Waals surface area contributed by atoms with Crippen molar-refractivity contribution in [3.05, 3.63) is 24.3 Å². The van der Waals surface area contributed by atoms with Crippen molar-refractivity contribution in [3.63, 3.8) is 0 Å². The molecule has 0 spiro atoms. The van der Waals surface area contributed by atoms with Crippen LogP contribution in [0, 0.1) is 0 Å². The molecule has 8 heteroatoms. The van der Waals surface area contributed by atoms with Crippen LogP contribution in [0.25, 0.3) is 0 Å². The molecule has 1 amide bonds. The number of unbranched alkanes of at least 4 members (excludes halogenated alkanes) is 22. The zero-order chi connectivity index (χ0) is 38.2. The number of ether oxygens (including phenoxy) is 2. The van der Waals surface area contributed by atoms with Crippen molar-refractivity contribution in [3.8, 4) is 0 Å². The quantitative estimate of drug-likeness (QED) is 0.0382. The van der Waals surface area contributed by atoms with Gasteiger partial charge in [-0.05, 0) is 78.3 Å². The predicted molar refractivity (Wildman–Crippen MR) is 224 cm³/mol. The fourth-order valence-corrected chi connectivity index (χ4v) is 6.71. The van der Waals surface area contributed by atoms with Gasteiger partial charge < -0.3 is 19.7 Å². The SMILES string of the molecule is CCCCCCCC/C=C\CCCCCCCC(=O)OCC(CNC(=O)SCCN(C)C)OC(=O)CCCCCCC/C=C\CCCCCCCC. The molecule has 0 saturated carbocycles. The second-order valence-corrected chi connectivity index (χ2v) is 15.9. The topological polar surface area (TPSA) is 84.9 Å². The summed E-state index contributed by atoms with van der Waals surface area (Å²) in [5.41, 5.74) is 0. The summed E-state index contributed by atoms with van der Waals surface area (Å²) in [4.78, 5) is 39.5. The summed E-state index contributed by atoms with van der Waals surface area (Å²) >= 11 is 1.20. The van der Waals surface area contributed by atoms with Gasteiger partial charge in [-0.1, -0.05) is 153 Å². The van der Waals surface area contributed by atoms with Crippen molar-refractivity contribution in [1.82, 2.24) is 10.2 Å². The van der Waals surface area contributed by atoms with E-state index in [1.165, 1.54) is 127 Å². The van der Waals surface area contributed by atoms with Gasteiger partial charge in [0, 0.05) is 25.1 Å². The lowest BCUT2D eigenvalue weighted by Gasteiger charge is -2.19. The van der Waals surface area contributed by atoms with Crippen molar-refractivity contribution in [2.75, 3.05) is 39.5 Å². The molecule has 304 valence electrons. The maximum absolute atomic E-state index is 12.7. The van der Waals surface area contributed by atoms with Gasteiger partial charge in [-0.25, -0.2) is 0 Å². The fraction of sp³-hybridized carbons (Fsp3) is 0.841. The van der Waals surface area contributed by atoms with Crippen LogP contribution in [-0.4, -0.2) is 67.7 Å². The number of carbonyl (C=O) groups is 3. The Kier molecular flexibility index (Phi) is 39.0. The van der Waals surface area contributed by atoms with Crippen molar-refractivity contribution < 1.29 is 23.9 Å². The maximum atomic E-state index is 12.7. The minimum atomic E-state index is -0.688. The van der Waals surface area contributed by atoms with E-state index in [0.717, 1.165) is 57.9 Å². The average molecular weight is 751 g/mol. The second kappa shape index (κ2) is 40.4. The summed E-state index contributed by atoms with van der Waals surface area (Å²) < 4.78 is 11.2. The van der Waals surface area contributed by atoms with Crippen LogP contribution < -0.4 is 5.32 Å². The summed E-state index contributed by atoms with van der Waals surface area (Å²) in [5.74, 6) is 0.0945. The summed E-state index contributed by atoms with van der Waals surface area (Å²) in [5, 5.41) is 2.67. The van der Waals surface area contributed by atoms with Crippen molar-refractivity contribution in [2.24, 2.45) is 0 Å². The fourth-order valence-electron chi connectivity index (χ4n) is 5.89. The zero-order valence-corrected chi connectivity index (χ0v) is 35.2. The average Bonchev–Trinajstić information content (AvgIpc) is 3.12. The first-order valence-electron chi connectivity index (χ1n) is 21.6. The molecule has 0 aromatic carbocycles. The summed E-state index contributed by atoms with van der Waals surface area (Å²) in [6.45, 7) is 5.40. The molecule has 0 aliphatic rings. The number of allylic oxidation sites excluding steroid dienone is 4. The Hall–Kier alpha value is -1.80. The lowest BCUT2D eigenvalue weighted by Crippen LogP contribution is -2.37. The summed E-state index contributed by atoms with van der Waals surface area (Å²) in [7, 11) is 3.94. The highest BCUT2D eigenvalue weighted by Crippen LogP contribution is 2.13. The smallest absolute Gasteiger partial charge is 0.306 e. The minimum absolute atomic E-state index is 0.0370. The van der Waals surface area contributed by atoms with Crippen LogP contribution in [0.1, 0.15) is 194 Å². The first-order chi connectivity index (χ1) is 25.4. The summed E-state index contributed by atoms with van der Waals surface area (Å²) in [6.07, 6.45) is 40.7. The number of nitrogens with one attached hydrogen (secondary N) is 1. The number of hydrogen-bond donors (Lipinski definition) is 1. The van der Waals surface area contributed by atoms with Gasteiger partial charge in [0.15, 0.2) is 6.10 Å². The van der Waals surface area contributed by atoms with Gasteiger partial charge in [0.25, 0.3) is 5.24 Å². The molecule has 1 N–H and O–H groups in total. The third kappa shape index (κ3) is 39.4. The van der Waals surface area contributed by atoms with Gasteiger partial charge in [-0.3, -0.25) is 14.4 Å².